The maximum absolute atomic E-state index is 8.83. The lowest BCUT2D eigenvalue weighted by Gasteiger charge is -2.16. The molecule has 1 heterocycles. The first-order valence-electron chi connectivity index (χ1n) is 7.31. The predicted molar refractivity (Wildman–Crippen MR) is 78.8 cm³/mol. The van der Waals surface area contributed by atoms with E-state index in [9.17, 15) is 0 Å². The van der Waals surface area contributed by atoms with E-state index in [0.717, 1.165) is 30.3 Å². The van der Waals surface area contributed by atoms with Crippen molar-refractivity contribution in [1.82, 2.24) is 10.2 Å². The SMILES string of the molecule is NC(=NO)c1ccccc1CNC1CCN(C2CC2)C1. The molecule has 1 aliphatic carbocycles. The maximum atomic E-state index is 8.83. The van der Waals surface area contributed by atoms with Crippen LogP contribution in [-0.2, 0) is 6.54 Å². The number of nitrogens with one attached hydrogen (secondary N) is 1. The van der Waals surface area contributed by atoms with Crippen molar-refractivity contribution in [3.05, 3.63) is 35.4 Å². The highest BCUT2D eigenvalue weighted by Crippen LogP contribution is 2.29. The Labute approximate surface area is 119 Å². The van der Waals surface area contributed by atoms with Gasteiger partial charge in [0.05, 0.1) is 0 Å². The van der Waals surface area contributed by atoms with Crippen LogP contribution in [0.5, 0.6) is 0 Å². The lowest BCUT2D eigenvalue weighted by molar-refractivity contribution is 0.317. The Kier molecular flexibility index (Phi) is 3.89. The number of amidine groups is 1. The van der Waals surface area contributed by atoms with Crippen LogP contribution in [0.25, 0.3) is 0 Å². The highest BCUT2D eigenvalue weighted by Gasteiger charge is 2.34. The molecule has 2 fully saturated rings. The summed E-state index contributed by atoms with van der Waals surface area (Å²) in [7, 11) is 0. The van der Waals surface area contributed by atoms with E-state index < -0.39 is 0 Å². The van der Waals surface area contributed by atoms with Gasteiger partial charge in [-0.15, -0.1) is 0 Å². The molecule has 1 saturated carbocycles. The summed E-state index contributed by atoms with van der Waals surface area (Å²) in [5, 5.41) is 15.5. The van der Waals surface area contributed by atoms with Crippen molar-refractivity contribution >= 4 is 5.84 Å². The third-order valence-electron chi connectivity index (χ3n) is 4.27. The number of nitrogens with zero attached hydrogens (tertiary/aromatic N) is 2. The fourth-order valence-corrected chi connectivity index (χ4v) is 2.96. The topological polar surface area (TPSA) is 73.9 Å². The summed E-state index contributed by atoms with van der Waals surface area (Å²) >= 11 is 0. The van der Waals surface area contributed by atoms with Crippen molar-refractivity contribution in [2.75, 3.05) is 13.1 Å². The van der Waals surface area contributed by atoms with Crippen LogP contribution in [-0.4, -0.2) is 41.1 Å². The molecule has 0 spiro atoms. The average molecular weight is 274 g/mol. The zero-order valence-corrected chi connectivity index (χ0v) is 11.6. The van der Waals surface area contributed by atoms with Crippen LogP contribution in [0, 0.1) is 0 Å². The molecule has 20 heavy (non-hydrogen) atoms. The van der Waals surface area contributed by atoms with Gasteiger partial charge >= 0.3 is 0 Å². The summed E-state index contributed by atoms with van der Waals surface area (Å²) in [5.74, 6) is 0.174. The van der Waals surface area contributed by atoms with Crippen LogP contribution in [0.2, 0.25) is 0 Å². The van der Waals surface area contributed by atoms with Gasteiger partial charge in [0.15, 0.2) is 5.84 Å². The van der Waals surface area contributed by atoms with Crippen LogP contribution in [0.3, 0.4) is 0 Å². The van der Waals surface area contributed by atoms with E-state index >= 15 is 0 Å². The molecule has 1 aromatic carbocycles. The Morgan fingerprint density at radius 3 is 2.90 bits per heavy atom. The predicted octanol–water partition coefficient (Wildman–Crippen LogP) is 1.11. The number of nitrogens with two attached hydrogens (primary N) is 1. The zero-order chi connectivity index (χ0) is 13.9. The molecule has 0 radical (unpaired) electrons. The van der Waals surface area contributed by atoms with Crippen molar-refractivity contribution in [3.8, 4) is 0 Å². The van der Waals surface area contributed by atoms with Crippen LogP contribution >= 0.6 is 0 Å². The minimum atomic E-state index is 0.174. The third kappa shape index (κ3) is 2.94. The highest BCUT2D eigenvalue weighted by atomic mass is 16.4. The fourth-order valence-electron chi connectivity index (χ4n) is 2.96. The molecule has 3 rings (SSSR count). The summed E-state index contributed by atoms with van der Waals surface area (Å²) in [6, 6.07) is 9.20. The van der Waals surface area contributed by atoms with Gasteiger partial charge in [0.1, 0.15) is 0 Å². The van der Waals surface area contributed by atoms with Gasteiger partial charge in [0.25, 0.3) is 0 Å². The van der Waals surface area contributed by atoms with E-state index in [4.69, 9.17) is 10.9 Å². The van der Waals surface area contributed by atoms with Crippen molar-refractivity contribution in [2.45, 2.75) is 37.9 Å². The van der Waals surface area contributed by atoms with Crippen LogP contribution in [0.1, 0.15) is 30.4 Å². The van der Waals surface area contributed by atoms with Crippen molar-refractivity contribution in [1.29, 1.82) is 0 Å². The van der Waals surface area contributed by atoms with Crippen molar-refractivity contribution in [2.24, 2.45) is 10.9 Å². The molecule has 0 bridgehead atoms. The zero-order valence-electron chi connectivity index (χ0n) is 11.6. The first-order valence-corrected chi connectivity index (χ1v) is 7.31. The smallest absolute Gasteiger partial charge is 0.170 e. The molecular weight excluding hydrogens is 252 g/mol. The number of benzene rings is 1. The average Bonchev–Trinajstić information content (AvgIpc) is 3.24. The second-order valence-electron chi connectivity index (χ2n) is 5.73. The molecule has 108 valence electrons. The van der Waals surface area contributed by atoms with E-state index in [-0.39, 0.29) is 5.84 Å². The van der Waals surface area contributed by atoms with Gasteiger partial charge in [-0.05, 0) is 24.8 Å². The van der Waals surface area contributed by atoms with E-state index in [1.54, 1.807) is 0 Å². The minimum absolute atomic E-state index is 0.174. The molecule has 1 atom stereocenters. The molecule has 0 aromatic heterocycles. The van der Waals surface area contributed by atoms with E-state index in [1.807, 2.05) is 24.3 Å². The van der Waals surface area contributed by atoms with E-state index in [1.165, 1.54) is 25.8 Å². The Morgan fingerprint density at radius 2 is 2.15 bits per heavy atom. The lowest BCUT2D eigenvalue weighted by atomic mass is 10.1. The molecular formula is C15H22N4O. The largest absolute Gasteiger partial charge is 0.409 e. The molecule has 0 amide bonds. The van der Waals surface area contributed by atoms with Crippen LogP contribution in [0.15, 0.2) is 29.4 Å². The summed E-state index contributed by atoms with van der Waals surface area (Å²) in [6.45, 7) is 3.12. The van der Waals surface area contributed by atoms with Gasteiger partial charge in [-0.2, -0.15) is 0 Å². The van der Waals surface area contributed by atoms with E-state index in [2.05, 4.69) is 15.4 Å². The molecule has 1 saturated heterocycles. The molecule has 1 unspecified atom stereocenters. The first kappa shape index (κ1) is 13.4. The summed E-state index contributed by atoms with van der Waals surface area (Å²) in [5.41, 5.74) is 7.59. The normalized spacial score (nSPS) is 24.2. The Hall–Kier alpha value is -1.59. The molecule has 4 N–H and O–H groups in total. The fraction of sp³-hybridized carbons (Fsp3) is 0.533. The number of rotatable bonds is 5. The van der Waals surface area contributed by atoms with Gasteiger partial charge in [-0.3, -0.25) is 4.90 Å². The van der Waals surface area contributed by atoms with Gasteiger partial charge in [0, 0.05) is 37.3 Å². The Morgan fingerprint density at radius 1 is 1.35 bits per heavy atom. The number of hydrogen-bond acceptors (Lipinski definition) is 4. The number of likely N-dealkylation sites (tertiary alicyclic amines) is 1. The van der Waals surface area contributed by atoms with Crippen molar-refractivity contribution < 1.29 is 5.21 Å². The Bertz CT molecular complexity index is 498. The molecule has 5 nitrogen and oxygen atoms in total. The first-order chi connectivity index (χ1) is 9.78. The molecule has 1 aliphatic heterocycles. The summed E-state index contributed by atoms with van der Waals surface area (Å²) in [6.07, 6.45) is 3.96. The van der Waals surface area contributed by atoms with Gasteiger partial charge in [-0.25, -0.2) is 0 Å². The maximum Gasteiger partial charge on any atom is 0.170 e. The number of hydrogen-bond donors (Lipinski definition) is 3. The molecule has 2 aliphatic rings. The lowest BCUT2D eigenvalue weighted by Crippen LogP contribution is -2.33. The molecule has 5 heteroatoms. The second-order valence-corrected chi connectivity index (χ2v) is 5.73. The van der Waals surface area contributed by atoms with Gasteiger partial charge < -0.3 is 16.3 Å². The van der Waals surface area contributed by atoms with Crippen molar-refractivity contribution in [3.63, 3.8) is 0 Å². The van der Waals surface area contributed by atoms with E-state index in [0.29, 0.717) is 6.04 Å². The summed E-state index contributed by atoms with van der Waals surface area (Å²) in [4.78, 5) is 2.59. The Balaban J connectivity index is 1.58. The highest BCUT2D eigenvalue weighted by molar-refractivity contribution is 5.98. The van der Waals surface area contributed by atoms with Gasteiger partial charge in [0.2, 0.25) is 0 Å². The monoisotopic (exact) mass is 274 g/mol. The third-order valence-corrected chi connectivity index (χ3v) is 4.27. The quantitative estimate of drug-likeness (QED) is 0.325. The standard InChI is InChI=1S/C15H22N4O/c16-15(18-20)14-4-2-1-3-11(14)9-17-12-7-8-19(10-12)13-5-6-13/h1-4,12-13,17,20H,5-10H2,(H2,16,18). The van der Waals surface area contributed by atoms with Crippen LogP contribution in [0.4, 0.5) is 0 Å². The van der Waals surface area contributed by atoms with Crippen LogP contribution < -0.4 is 11.1 Å². The molecule has 1 aromatic rings. The minimum Gasteiger partial charge on any atom is -0.409 e. The van der Waals surface area contributed by atoms with Gasteiger partial charge in [-0.1, -0.05) is 29.4 Å². The second kappa shape index (κ2) is 5.81. The number of oxime groups is 1. The summed E-state index contributed by atoms with van der Waals surface area (Å²) < 4.78 is 0.